The molecule has 14 aliphatic heterocycles. The minimum Gasteiger partial charge on any atom is -0.507 e. The Kier molecular flexibility index (Phi) is 18.2. The second-order valence-electron chi connectivity index (χ2n) is 28.4. The highest BCUT2D eigenvalue weighted by Crippen LogP contribution is 2.66. The van der Waals surface area contributed by atoms with Crippen LogP contribution in [0.5, 0.6) is 80.5 Å². The first-order valence-corrected chi connectivity index (χ1v) is 36.6. The summed E-state index contributed by atoms with van der Waals surface area (Å²) in [6.45, 7) is 9.16. The molecule has 0 aromatic heterocycles. The zero-order chi connectivity index (χ0) is 71.9. The lowest BCUT2D eigenvalue weighted by Gasteiger charge is -2.59. The van der Waals surface area contributed by atoms with Crippen LogP contribution < -0.4 is 63.9 Å². The Morgan fingerprint density at radius 1 is 0.524 bits per heavy atom. The van der Waals surface area contributed by atoms with Crippen molar-refractivity contribution >= 4 is 41.4 Å². The van der Waals surface area contributed by atoms with Crippen LogP contribution in [0.25, 0.3) is 0 Å². The summed E-state index contributed by atoms with van der Waals surface area (Å²) in [6.07, 6.45) is -0.0638. The van der Waals surface area contributed by atoms with Crippen molar-refractivity contribution in [1.82, 2.24) is 31.1 Å². The van der Waals surface area contributed by atoms with E-state index in [1.807, 2.05) is 42.7 Å². The molecule has 6 aromatic carbocycles. The Balaban J connectivity index is 0.000000166. The number of aryl methyl sites for hydroxylation is 2. The van der Waals surface area contributed by atoms with Crippen molar-refractivity contribution in [1.29, 1.82) is 0 Å². The Labute approximate surface area is 615 Å². The van der Waals surface area contributed by atoms with E-state index in [4.69, 9.17) is 52.1 Å². The quantitative estimate of drug-likeness (QED) is 0.0600. The molecule has 6 aromatic rings. The van der Waals surface area contributed by atoms with Gasteiger partial charge < -0.3 is 98.5 Å². The van der Waals surface area contributed by atoms with E-state index in [0.29, 0.717) is 135 Å². The molecule has 14 heterocycles. The molecule has 14 aliphatic rings. The number of thioether (sulfide) groups is 2. The van der Waals surface area contributed by atoms with Gasteiger partial charge in [0.1, 0.15) is 37.2 Å². The molecule has 560 valence electrons. The Hall–Kier alpha value is -8.49. The molecule has 0 aliphatic carbocycles. The summed E-state index contributed by atoms with van der Waals surface area (Å²) < 4.78 is 65.1. The minimum absolute atomic E-state index is 0. The van der Waals surface area contributed by atoms with Crippen LogP contribution in [0.3, 0.4) is 0 Å². The van der Waals surface area contributed by atoms with Crippen LogP contribution in [0.4, 0.5) is 0 Å². The van der Waals surface area contributed by atoms with Gasteiger partial charge in [0.25, 0.3) is 0 Å². The van der Waals surface area contributed by atoms with Crippen LogP contribution in [-0.2, 0) is 60.6 Å². The van der Waals surface area contributed by atoms with Crippen molar-refractivity contribution in [3.63, 3.8) is 0 Å². The van der Waals surface area contributed by atoms with Crippen LogP contribution in [-0.4, -0.2) is 180 Å². The minimum atomic E-state index is -1.36. The van der Waals surface area contributed by atoms with Crippen LogP contribution >= 0.6 is 23.5 Å². The lowest BCUT2D eigenvalue weighted by Crippen LogP contribution is -2.69. The van der Waals surface area contributed by atoms with E-state index < -0.39 is 100 Å². The van der Waals surface area contributed by atoms with Gasteiger partial charge in [-0.15, -0.1) is 23.5 Å². The molecular weight excluding hydrogens is 1400 g/mol. The summed E-state index contributed by atoms with van der Waals surface area (Å²) in [6, 6.07) is 6.13. The summed E-state index contributed by atoms with van der Waals surface area (Å²) in [7, 11) is 5.98. The second kappa shape index (κ2) is 26.5. The number of esters is 3. The number of hydrogen-bond donors (Lipinski definition) is 11. The number of ether oxygens (including phenoxy) is 11. The van der Waals surface area contributed by atoms with Crippen molar-refractivity contribution < 1.29 is 102 Å². The molecule has 0 amide bonds. The number of aliphatic hydroxyl groups is 2. The summed E-state index contributed by atoms with van der Waals surface area (Å²) in [5.74, 6) is 2.16. The first-order chi connectivity index (χ1) is 49.6. The molecule has 2 unspecified atom stereocenters. The fourth-order valence-corrected chi connectivity index (χ4v) is 22.4. The molecule has 8 bridgehead atoms. The van der Waals surface area contributed by atoms with Crippen LogP contribution in [0.15, 0.2) is 36.4 Å². The molecule has 4 saturated heterocycles. The first kappa shape index (κ1) is 72.1. The van der Waals surface area contributed by atoms with Gasteiger partial charge in [-0.05, 0) is 122 Å². The number of benzene rings is 6. The van der Waals surface area contributed by atoms with Crippen molar-refractivity contribution in [2.24, 2.45) is 0 Å². The van der Waals surface area contributed by atoms with Crippen LogP contribution in [0.2, 0.25) is 0 Å². The number of aliphatic hydroxyl groups excluding tert-OH is 2. The fraction of sp³-hybridized carbons (Fsp3) is 0.487. The second-order valence-corrected chi connectivity index (χ2v) is 30.7. The number of carbonyl (C=O) groups excluding carboxylic acids is 3. The summed E-state index contributed by atoms with van der Waals surface area (Å²) >= 11 is 2.91. The van der Waals surface area contributed by atoms with E-state index in [9.17, 15) is 50.1 Å². The molecule has 105 heavy (non-hydrogen) atoms. The van der Waals surface area contributed by atoms with E-state index in [0.717, 1.165) is 33.4 Å². The summed E-state index contributed by atoms with van der Waals surface area (Å²) in [4.78, 5) is 45.9. The molecule has 0 radical (unpaired) electrons. The fourth-order valence-electron chi connectivity index (χ4n) is 18.9. The molecular formula is C76H88N6O21S2. The molecule has 29 heteroatoms. The van der Waals surface area contributed by atoms with Crippen molar-refractivity contribution in [2.45, 2.75) is 158 Å². The number of nitrogens with one attached hydrogen (secondary N) is 4. The maximum absolute atomic E-state index is 14.6. The van der Waals surface area contributed by atoms with Gasteiger partial charge in [0.2, 0.25) is 13.6 Å². The number of phenolic OH excluding ortho intramolecular Hbond substituents is 5. The smallest absolute Gasteiger partial charge is 0.331 e. The van der Waals surface area contributed by atoms with Gasteiger partial charge in [-0.3, -0.25) is 25.2 Å². The lowest BCUT2D eigenvalue weighted by atomic mass is 9.74. The molecule has 0 saturated carbocycles. The summed E-state index contributed by atoms with van der Waals surface area (Å²) in [5, 5.41) is 94.8. The van der Waals surface area contributed by atoms with Gasteiger partial charge in [0.05, 0.1) is 75.2 Å². The van der Waals surface area contributed by atoms with Crippen molar-refractivity contribution in [3.05, 3.63) is 125 Å². The summed E-state index contributed by atoms with van der Waals surface area (Å²) in [5.41, 5.74) is 8.56. The number of carbonyl (C=O) groups is 3. The van der Waals surface area contributed by atoms with Crippen molar-refractivity contribution in [2.75, 3.05) is 79.8 Å². The largest absolute Gasteiger partial charge is 0.507 e. The average Bonchev–Trinajstić information content (AvgIpc) is 1.57. The Bertz CT molecular complexity index is 4640. The third-order valence-electron chi connectivity index (χ3n) is 23.3. The van der Waals surface area contributed by atoms with Gasteiger partial charge in [-0.25, -0.2) is 9.59 Å². The number of rotatable bonds is 5. The maximum atomic E-state index is 14.6. The molecule has 20 rings (SSSR count). The highest BCUT2D eigenvalue weighted by atomic mass is 32.2. The topological polar surface area (TPSA) is 349 Å². The first-order valence-electron chi connectivity index (χ1n) is 34.5. The predicted molar refractivity (Wildman–Crippen MR) is 384 cm³/mol. The molecule has 11 N–H and O–H groups in total. The van der Waals surface area contributed by atoms with Crippen LogP contribution in [0, 0.1) is 27.7 Å². The highest BCUT2D eigenvalue weighted by Gasteiger charge is 2.63. The van der Waals surface area contributed by atoms with E-state index in [2.05, 4.69) is 21.3 Å². The van der Waals surface area contributed by atoms with Gasteiger partial charge in [-0.1, -0.05) is 27.0 Å². The number of hydrogen-bond acceptors (Lipinski definition) is 29. The van der Waals surface area contributed by atoms with Crippen LogP contribution in [0.1, 0.15) is 145 Å². The third-order valence-corrected chi connectivity index (χ3v) is 26.2. The monoisotopic (exact) mass is 1480 g/mol. The number of phenols is 5. The van der Waals surface area contributed by atoms with Gasteiger partial charge in [-0.2, -0.15) is 0 Å². The molecule has 14 atom stereocenters. The van der Waals surface area contributed by atoms with E-state index >= 15 is 0 Å². The average molecular weight is 1490 g/mol. The number of fused-ring (bicyclic) bond motifs is 18. The van der Waals surface area contributed by atoms with Gasteiger partial charge >= 0.3 is 17.9 Å². The zero-order valence-electron chi connectivity index (χ0n) is 57.9. The normalized spacial score (nSPS) is 29.4. The molecule has 27 nitrogen and oxygen atoms in total. The van der Waals surface area contributed by atoms with Gasteiger partial charge in [0.15, 0.2) is 80.1 Å². The highest BCUT2D eigenvalue weighted by molar-refractivity contribution is 7.99. The van der Waals surface area contributed by atoms with E-state index in [-0.39, 0.29) is 93.4 Å². The molecule has 4 fully saturated rings. The third kappa shape index (κ3) is 10.4. The predicted octanol–water partition coefficient (Wildman–Crippen LogP) is 7.19. The lowest BCUT2D eigenvalue weighted by molar-refractivity contribution is -0.165. The Morgan fingerprint density at radius 2 is 0.952 bits per heavy atom. The molecule has 2 spiro atoms. The van der Waals surface area contributed by atoms with Crippen molar-refractivity contribution in [3.8, 4) is 80.5 Å². The zero-order valence-corrected chi connectivity index (χ0v) is 59.6. The van der Waals surface area contributed by atoms with E-state index in [1.54, 1.807) is 31.2 Å². The Morgan fingerprint density at radius 3 is 1.39 bits per heavy atom. The number of methoxy groups -OCH3 is 4. The number of piperazine rings is 2. The van der Waals surface area contributed by atoms with Gasteiger partial charge in [0, 0.05) is 88.1 Å². The standard InChI is InChI=1S/C38H41N3O11S.C36H39N3O10S.2CH4/c1-15-8-19-9-21-36(45)41-22-12-49-37(46)38(20-11-24(47-4)23(43)10-18(20)6-7-39-38)13-53-35(29(41)28(40-21)25(19)30(44)31(15)48-5)27-26(22)34-33(50-14-51-34)16(2)32(27)52-17(3)42;1-14-7-17-8-19-34(43)39-20-11-47-35(44)36(18-10-22(45-3)21(40)9-16(18)5-6-37-36)12-50-33(27(39)26(38-19)23(17)29(42)30(14)46-4)25-24(20)32-31(48-13-49-32)15(2)28(25)41;;/h8,10-11,21-22,28-29,35-36,39-40,43-45H,6-7,9,12-14H2,1-5H3;7,9-10,19-20,26-27,33-34,37-38,40-43H,5-6,8,11-13H2,1-4H3;2*1H4/t21-,22-,28+,29?,35+,36-,38+;19-,20-,26+,27?,33+,34-,36+;;/m00../s1. The number of nitrogens with zero attached hydrogens (tertiary/aromatic N) is 2. The SMILES string of the molecule is C.C.COc1cc2c(cc1O)CCN[C@]21CS[C@@H]2c3c(O)c(C)c4c(c3[C@H](COC1=O)N1C2[C@@H]2N[C@@H](Cc3cc(C)c(OC)c(O)c32)[C@@H]1O)OCO4.COc1cc2c(cc1O)CCN[C@]21CS[C@@H]2c3c(OC(C)=O)c(C)c4c(c3[C@H](COC1=O)N1C2[C@@H]2N[C@@H](Cc3cc(C)c(OC)c(O)c32)[C@@H]1O)OCO4. The maximum Gasteiger partial charge on any atom is 0.331 e. The van der Waals surface area contributed by atoms with E-state index in [1.165, 1.54) is 58.9 Å². The number of aromatic hydroxyl groups is 5.